The molecule has 152 valence electrons. The van der Waals surface area contributed by atoms with E-state index in [4.69, 9.17) is 0 Å². The fourth-order valence-corrected chi connectivity index (χ4v) is 5.08. The number of carbonyl (C=O) groups excluding carboxylic acids is 1. The first-order valence-electron chi connectivity index (χ1n) is 9.34. The molecule has 1 heterocycles. The first-order chi connectivity index (χ1) is 14.0. The first-order valence-corrected chi connectivity index (χ1v) is 11.7. The standard InChI is InChI=1S/C21H23N3O3S2/c1-3-24(4-2)29(26,27)18-12-10-17(11-13-18)21(25)22-14-20-23-19(15-28-20)16-8-6-5-7-9-16/h5-13,15H,3-4,14H2,1-2H3,(H,22,25). The van der Waals surface area contributed by atoms with E-state index in [9.17, 15) is 13.2 Å². The maximum absolute atomic E-state index is 12.5. The Morgan fingerprint density at radius 1 is 1.03 bits per heavy atom. The Kier molecular flexibility index (Phi) is 6.79. The maximum atomic E-state index is 12.5. The van der Waals surface area contributed by atoms with E-state index in [1.165, 1.54) is 39.9 Å². The zero-order valence-corrected chi connectivity index (χ0v) is 18.0. The Morgan fingerprint density at radius 2 is 1.69 bits per heavy atom. The quantitative estimate of drug-likeness (QED) is 0.591. The summed E-state index contributed by atoms with van der Waals surface area (Å²) < 4.78 is 26.4. The van der Waals surface area contributed by atoms with Gasteiger partial charge in [-0.1, -0.05) is 44.2 Å². The van der Waals surface area contributed by atoms with Crippen LogP contribution in [0, 0.1) is 0 Å². The lowest BCUT2D eigenvalue weighted by Crippen LogP contribution is -2.30. The van der Waals surface area contributed by atoms with Gasteiger partial charge in [0.05, 0.1) is 17.1 Å². The second kappa shape index (κ2) is 9.30. The summed E-state index contributed by atoms with van der Waals surface area (Å²) >= 11 is 1.48. The van der Waals surface area contributed by atoms with Gasteiger partial charge in [0.2, 0.25) is 10.0 Å². The number of sulfonamides is 1. The van der Waals surface area contributed by atoms with E-state index in [0.29, 0.717) is 25.2 Å². The van der Waals surface area contributed by atoms with E-state index in [1.807, 2.05) is 35.7 Å². The number of thiazole rings is 1. The predicted octanol–water partition coefficient (Wildman–Crippen LogP) is 3.77. The van der Waals surface area contributed by atoms with Crippen molar-refractivity contribution in [2.45, 2.75) is 25.3 Å². The van der Waals surface area contributed by atoms with Crippen LogP contribution in [0.5, 0.6) is 0 Å². The van der Waals surface area contributed by atoms with Crippen molar-refractivity contribution in [1.29, 1.82) is 0 Å². The highest BCUT2D eigenvalue weighted by Crippen LogP contribution is 2.21. The summed E-state index contributed by atoms with van der Waals surface area (Å²) in [5.74, 6) is -0.270. The van der Waals surface area contributed by atoms with Crippen molar-refractivity contribution in [3.8, 4) is 11.3 Å². The molecule has 0 saturated heterocycles. The second-order valence-corrected chi connectivity index (χ2v) is 9.17. The highest BCUT2D eigenvalue weighted by Gasteiger charge is 2.21. The minimum atomic E-state index is -3.53. The molecule has 3 aromatic rings. The number of rotatable bonds is 8. The number of hydrogen-bond acceptors (Lipinski definition) is 5. The van der Waals surface area contributed by atoms with Crippen LogP contribution in [0.15, 0.2) is 64.9 Å². The summed E-state index contributed by atoms with van der Waals surface area (Å²) in [6, 6.07) is 15.9. The molecule has 1 N–H and O–H groups in total. The van der Waals surface area contributed by atoms with Gasteiger partial charge in [0.25, 0.3) is 5.91 Å². The van der Waals surface area contributed by atoms with Crippen molar-refractivity contribution in [3.63, 3.8) is 0 Å². The van der Waals surface area contributed by atoms with Crippen molar-refractivity contribution >= 4 is 27.3 Å². The maximum Gasteiger partial charge on any atom is 0.251 e. The zero-order valence-electron chi connectivity index (χ0n) is 16.3. The molecule has 0 atom stereocenters. The summed E-state index contributed by atoms with van der Waals surface area (Å²) in [6.07, 6.45) is 0. The van der Waals surface area contributed by atoms with Crippen LogP contribution in [-0.4, -0.2) is 36.7 Å². The molecule has 8 heteroatoms. The van der Waals surface area contributed by atoms with Gasteiger partial charge in [0.1, 0.15) is 5.01 Å². The van der Waals surface area contributed by atoms with E-state index >= 15 is 0 Å². The van der Waals surface area contributed by atoms with Crippen LogP contribution in [0.2, 0.25) is 0 Å². The number of nitrogens with one attached hydrogen (secondary N) is 1. The summed E-state index contributed by atoms with van der Waals surface area (Å²) in [6.45, 7) is 4.71. The van der Waals surface area contributed by atoms with E-state index in [-0.39, 0.29) is 10.8 Å². The third kappa shape index (κ3) is 4.90. The number of amides is 1. The lowest BCUT2D eigenvalue weighted by atomic mass is 10.2. The topological polar surface area (TPSA) is 79.4 Å². The molecule has 0 unspecified atom stereocenters. The van der Waals surface area contributed by atoms with Crippen LogP contribution in [0.4, 0.5) is 0 Å². The summed E-state index contributed by atoms with van der Waals surface area (Å²) in [5, 5.41) is 5.60. The van der Waals surface area contributed by atoms with Crippen molar-refractivity contribution in [1.82, 2.24) is 14.6 Å². The minimum absolute atomic E-state index is 0.185. The monoisotopic (exact) mass is 429 g/mol. The van der Waals surface area contributed by atoms with Crippen LogP contribution in [0.25, 0.3) is 11.3 Å². The molecule has 0 bridgehead atoms. The molecule has 0 aliphatic rings. The second-order valence-electron chi connectivity index (χ2n) is 6.29. The predicted molar refractivity (Wildman–Crippen MR) is 115 cm³/mol. The largest absolute Gasteiger partial charge is 0.346 e. The van der Waals surface area contributed by atoms with Crippen molar-refractivity contribution in [3.05, 3.63) is 70.5 Å². The fourth-order valence-electron chi connectivity index (χ4n) is 2.88. The van der Waals surface area contributed by atoms with E-state index < -0.39 is 10.0 Å². The number of nitrogens with zero attached hydrogens (tertiary/aromatic N) is 2. The van der Waals surface area contributed by atoms with Crippen LogP contribution >= 0.6 is 11.3 Å². The Labute approximate surface area is 175 Å². The third-order valence-corrected chi connectivity index (χ3v) is 7.39. The van der Waals surface area contributed by atoms with Crippen molar-refractivity contribution in [2.24, 2.45) is 0 Å². The Hall–Kier alpha value is -2.55. The van der Waals surface area contributed by atoms with Gasteiger partial charge in [-0.05, 0) is 24.3 Å². The van der Waals surface area contributed by atoms with E-state index in [2.05, 4.69) is 10.3 Å². The molecule has 0 fully saturated rings. The van der Waals surface area contributed by atoms with Gasteiger partial charge >= 0.3 is 0 Å². The van der Waals surface area contributed by atoms with Gasteiger partial charge in [-0.25, -0.2) is 13.4 Å². The summed E-state index contributed by atoms with van der Waals surface area (Å²) in [7, 11) is -3.53. The molecule has 0 aliphatic carbocycles. The molecule has 6 nitrogen and oxygen atoms in total. The molecular formula is C21H23N3O3S2. The smallest absolute Gasteiger partial charge is 0.251 e. The average Bonchev–Trinajstić information content (AvgIpc) is 3.22. The van der Waals surface area contributed by atoms with Crippen LogP contribution in [0.3, 0.4) is 0 Å². The molecule has 1 aromatic heterocycles. The van der Waals surface area contributed by atoms with Gasteiger partial charge in [-0.3, -0.25) is 4.79 Å². The number of hydrogen-bond donors (Lipinski definition) is 1. The molecular weight excluding hydrogens is 406 g/mol. The lowest BCUT2D eigenvalue weighted by Gasteiger charge is -2.18. The van der Waals surface area contributed by atoms with Gasteiger partial charge in [-0.15, -0.1) is 11.3 Å². The molecule has 0 saturated carbocycles. The van der Waals surface area contributed by atoms with Gasteiger partial charge in [0, 0.05) is 29.6 Å². The molecule has 2 aromatic carbocycles. The van der Waals surface area contributed by atoms with E-state index in [1.54, 1.807) is 13.8 Å². The Balaban J connectivity index is 1.64. The highest BCUT2D eigenvalue weighted by molar-refractivity contribution is 7.89. The van der Waals surface area contributed by atoms with Gasteiger partial charge in [-0.2, -0.15) is 4.31 Å². The average molecular weight is 430 g/mol. The zero-order chi connectivity index (χ0) is 20.9. The van der Waals surface area contributed by atoms with Gasteiger partial charge < -0.3 is 5.32 Å². The summed E-state index contributed by atoms with van der Waals surface area (Å²) in [4.78, 5) is 17.1. The van der Waals surface area contributed by atoms with Gasteiger partial charge in [0.15, 0.2) is 0 Å². The lowest BCUT2D eigenvalue weighted by molar-refractivity contribution is 0.0950. The van der Waals surface area contributed by atoms with E-state index in [0.717, 1.165) is 16.3 Å². The highest BCUT2D eigenvalue weighted by atomic mass is 32.2. The molecule has 1 amide bonds. The summed E-state index contributed by atoms with van der Waals surface area (Å²) in [5.41, 5.74) is 2.32. The fraction of sp³-hybridized carbons (Fsp3) is 0.238. The molecule has 3 rings (SSSR count). The normalized spacial score (nSPS) is 11.6. The SMILES string of the molecule is CCN(CC)S(=O)(=O)c1ccc(C(=O)NCc2nc(-c3ccccc3)cs2)cc1. The van der Waals surface area contributed by atoms with Crippen LogP contribution < -0.4 is 5.32 Å². The first kappa shape index (κ1) is 21.2. The van der Waals surface area contributed by atoms with Crippen LogP contribution in [0.1, 0.15) is 29.2 Å². The number of benzene rings is 2. The number of aromatic nitrogens is 1. The van der Waals surface area contributed by atoms with Crippen molar-refractivity contribution in [2.75, 3.05) is 13.1 Å². The Morgan fingerprint density at radius 3 is 2.31 bits per heavy atom. The molecule has 0 spiro atoms. The van der Waals surface area contributed by atoms with Crippen molar-refractivity contribution < 1.29 is 13.2 Å². The Bertz CT molecular complexity index is 1060. The minimum Gasteiger partial charge on any atom is -0.346 e. The molecule has 0 radical (unpaired) electrons. The number of carbonyl (C=O) groups is 1. The molecule has 29 heavy (non-hydrogen) atoms. The van der Waals surface area contributed by atoms with Crippen LogP contribution in [-0.2, 0) is 16.6 Å². The third-order valence-electron chi connectivity index (χ3n) is 4.48. The molecule has 0 aliphatic heterocycles.